The minimum atomic E-state index is -0.534. The number of oxazole rings is 1. The number of halogens is 1. The predicted molar refractivity (Wildman–Crippen MR) is 58.8 cm³/mol. The molecule has 0 aliphatic rings. The molecule has 2 rings (SSSR count). The summed E-state index contributed by atoms with van der Waals surface area (Å²) in [6.45, 7) is 0. The average molecular weight is 285 g/mol. The number of fused-ring (bicyclic) bond motifs is 1. The molecular weight excluding hydrogens is 280 g/mol. The molecule has 1 heterocycles. The first-order valence-electron chi connectivity index (χ1n) is 4.26. The summed E-state index contributed by atoms with van der Waals surface area (Å²) < 4.78 is 5.12. The van der Waals surface area contributed by atoms with E-state index in [4.69, 9.17) is 4.42 Å². The van der Waals surface area contributed by atoms with Gasteiger partial charge in [0.2, 0.25) is 5.78 Å². The lowest BCUT2D eigenvalue weighted by Gasteiger charge is -1.88. The van der Waals surface area contributed by atoms with Gasteiger partial charge in [0.05, 0.1) is 16.3 Å². The van der Waals surface area contributed by atoms with Crippen molar-refractivity contribution in [1.82, 2.24) is 4.98 Å². The van der Waals surface area contributed by atoms with Gasteiger partial charge in [-0.25, -0.2) is 4.98 Å². The number of aromatic nitrogens is 1. The van der Waals surface area contributed by atoms with E-state index in [1.165, 1.54) is 18.2 Å². The number of nitro benzene ring substituents is 1. The summed E-state index contributed by atoms with van der Waals surface area (Å²) in [5, 5.41) is 10.6. The highest BCUT2D eigenvalue weighted by molar-refractivity contribution is 9.09. The molecule has 0 amide bonds. The van der Waals surface area contributed by atoms with Gasteiger partial charge < -0.3 is 4.42 Å². The molecule has 0 aliphatic heterocycles. The van der Waals surface area contributed by atoms with E-state index in [0.717, 1.165) is 0 Å². The number of carbonyl (C=O) groups is 1. The van der Waals surface area contributed by atoms with Gasteiger partial charge in [-0.3, -0.25) is 14.9 Å². The van der Waals surface area contributed by atoms with E-state index in [-0.39, 0.29) is 28.3 Å². The van der Waals surface area contributed by atoms with Gasteiger partial charge in [0.1, 0.15) is 5.52 Å². The number of hydrogen-bond acceptors (Lipinski definition) is 5. The number of nitrogens with zero attached hydrogens (tertiary/aromatic N) is 2. The second-order valence-electron chi connectivity index (χ2n) is 2.98. The van der Waals surface area contributed by atoms with Gasteiger partial charge in [0, 0.05) is 6.07 Å². The Morgan fingerprint density at radius 3 is 2.94 bits per heavy atom. The summed E-state index contributed by atoms with van der Waals surface area (Å²) in [5.41, 5.74) is 0.565. The summed E-state index contributed by atoms with van der Waals surface area (Å²) in [4.78, 5) is 25.2. The van der Waals surface area contributed by atoms with Crippen molar-refractivity contribution >= 4 is 38.5 Å². The zero-order chi connectivity index (χ0) is 11.7. The largest absolute Gasteiger partial charge is 0.433 e. The Labute approximate surface area is 97.5 Å². The van der Waals surface area contributed by atoms with Crippen LogP contribution in [-0.2, 0) is 0 Å². The Bertz CT molecular complexity index is 578. The lowest BCUT2D eigenvalue weighted by atomic mass is 10.3. The Morgan fingerprint density at radius 2 is 2.31 bits per heavy atom. The van der Waals surface area contributed by atoms with Crippen molar-refractivity contribution in [3.63, 3.8) is 0 Å². The van der Waals surface area contributed by atoms with Crippen LogP contribution in [0.5, 0.6) is 0 Å². The molecule has 0 fully saturated rings. The molecule has 16 heavy (non-hydrogen) atoms. The van der Waals surface area contributed by atoms with Crippen LogP contribution < -0.4 is 0 Å². The monoisotopic (exact) mass is 284 g/mol. The van der Waals surface area contributed by atoms with Crippen LogP contribution in [0, 0.1) is 10.1 Å². The van der Waals surface area contributed by atoms with Crippen LogP contribution in [0.4, 0.5) is 5.69 Å². The Balaban J connectivity index is 2.54. The quantitative estimate of drug-likeness (QED) is 0.374. The molecule has 0 unspecified atom stereocenters. The van der Waals surface area contributed by atoms with Gasteiger partial charge in [0.25, 0.3) is 11.6 Å². The number of Topliss-reactive ketones (excluding diaryl/α,β-unsaturated/α-hetero) is 1. The van der Waals surface area contributed by atoms with Crippen LogP contribution in [0.25, 0.3) is 11.1 Å². The standard InChI is InChI=1S/C9H5BrN2O4/c10-4-7(13)9-11-6-2-1-5(12(14)15)3-8(6)16-9/h1-3H,4H2. The molecule has 0 bridgehead atoms. The number of benzene rings is 1. The summed E-state index contributed by atoms with van der Waals surface area (Å²) in [6.07, 6.45) is 0. The first-order valence-corrected chi connectivity index (χ1v) is 5.38. The minimum absolute atomic E-state index is 0.0487. The third-order valence-corrected chi connectivity index (χ3v) is 2.45. The number of alkyl halides is 1. The molecule has 0 atom stereocenters. The first-order chi connectivity index (χ1) is 7.61. The van der Waals surface area contributed by atoms with Gasteiger partial charge in [-0.05, 0) is 6.07 Å². The molecule has 0 aliphatic carbocycles. The molecule has 1 aromatic heterocycles. The summed E-state index contributed by atoms with van der Waals surface area (Å²) in [7, 11) is 0. The first kappa shape index (κ1) is 10.7. The topological polar surface area (TPSA) is 86.2 Å². The van der Waals surface area contributed by atoms with E-state index in [0.29, 0.717) is 5.52 Å². The molecule has 7 heteroatoms. The number of hydrogen-bond donors (Lipinski definition) is 0. The van der Waals surface area contributed by atoms with Crippen molar-refractivity contribution in [2.75, 3.05) is 5.33 Å². The van der Waals surface area contributed by atoms with E-state index in [9.17, 15) is 14.9 Å². The van der Waals surface area contributed by atoms with Crippen LogP contribution >= 0.6 is 15.9 Å². The second-order valence-corrected chi connectivity index (χ2v) is 3.55. The van der Waals surface area contributed by atoms with Crippen LogP contribution in [0.2, 0.25) is 0 Å². The second kappa shape index (κ2) is 4.01. The van der Waals surface area contributed by atoms with Crippen molar-refractivity contribution in [3.05, 3.63) is 34.2 Å². The maximum atomic E-state index is 11.3. The van der Waals surface area contributed by atoms with Gasteiger partial charge in [-0.2, -0.15) is 0 Å². The van der Waals surface area contributed by atoms with Crippen molar-refractivity contribution in [3.8, 4) is 0 Å². The molecule has 82 valence electrons. The molecule has 0 saturated heterocycles. The predicted octanol–water partition coefficient (Wildman–Crippen LogP) is 2.31. The zero-order valence-electron chi connectivity index (χ0n) is 7.84. The van der Waals surface area contributed by atoms with Crippen molar-refractivity contribution < 1.29 is 14.1 Å². The Morgan fingerprint density at radius 1 is 1.56 bits per heavy atom. The molecule has 0 radical (unpaired) electrons. The summed E-state index contributed by atoms with van der Waals surface area (Å²) in [6, 6.07) is 4.00. The van der Waals surface area contributed by atoms with Crippen molar-refractivity contribution in [1.29, 1.82) is 0 Å². The van der Waals surface area contributed by atoms with Crippen molar-refractivity contribution in [2.24, 2.45) is 0 Å². The SMILES string of the molecule is O=C(CBr)c1nc2ccc([N+](=O)[O-])cc2o1. The third-order valence-electron chi connectivity index (χ3n) is 1.94. The van der Waals surface area contributed by atoms with Gasteiger partial charge in [-0.1, -0.05) is 15.9 Å². The number of rotatable bonds is 3. The smallest absolute Gasteiger partial charge is 0.273 e. The fourth-order valence-electron chi connectivity index (χ4n) is 1.20. The fraction of sp³-hybridized carbons (Fsp3) is 0.111. The van der Waals surface area contributed by atoms with Gasteiger partial charge in [0.15, 0.2) is 5.58 Å². The van der Waals surface area contributed by atoms with Crippen LogP contribution in [0.1, 0.15) is 10.7 Å². The normalized spacial score (nSPS) is 10.6. The molecule has 6 nitrogen and oxygen atoms in total. The number of carbonyl (C=O) groups excluding carboxylic acids is 1. The number of nitro groups is 1. The highest BCUT2D eigenvalue weighted by Crippen LogP contribution is 2.21. The van der Waals surface area contributed by atoms with Gasteiger partial charge >= 0.3 is 0 Å². The zero-order valence-corrected chi connectivity index (χ0v) is 9.43. The molecule has 0 N–H and O–H groups in total. The van der Waals surface area contributed by atoms with Gasteiger partial charge in [-0.15, -0.1) is 0 Å². The lowest BCUT2D eigenvalue weighted by Crippen LogP contribution is -1.99. The van der Waals surface area contributed by atoms with Crippen LogP contribution in [0.15, 0.2) is 22.6 Å². The highest BCUT2D eigenvalue weighted by Gasteiger charge is 2.15. The molecule has 0 spiro atoms. The van der Waals surface area contributed by atoms with Crippen LogP contribution in [0.3, 0.4) is 0 Å². The average Bonchev–Trinajstić information content (AvgIpc) is 2.70. The Kier molecular flexibility index (Phi) is 2.69. The number of ketones is 1. The minimum Gasteiger partial charge on any atom is -0.433 e. The lowest BCUT2D eigenvalue weighted by molar-refractivity contribution is -0.384. The van der Waals surface area contributed by atoms with E-state index in [1.54, 1.807) is 0 Å². The molecule has 2 aromatic rings. The third kappa shape index (κ3) is 1.81. The molecule has 1 aromatic carbocycles. The fourth-order valence-corrected chi connectivity index (χ4v) is 1.44. The Hall–Kier alpha value is -1.76. The number of non-ortho nitro benzene ring substituents is 1. The summed E-state index contributed by atoms with van der Waals surface area (Å²) in [5.74, 6) is -0.355. The molecule has 0 saturated carbocycles. The van der Waals surface area contributed by atoms with E-state index >= 15 is 0 Å². The van der Waals surface area contributed by atoms with E-state index in [2.05, 4.69) is 20.9 Å². The molecular formula is C9H5BrN2O4. The summed E-state index contributed by atoms with van der Waals surface area (Å²) >= 11 is 2.99. The van der Waals surface area contributed by atoms with Crippen molar-refractivity contribution in [2.45, 2.75) is 0 Å². The maximum Gasteiger partial charge on any atom is 0.273 e. The van der Waals surface area contributed by atoms with E-state index in [1.807, 2.05) is 0 Å². The highest BCUT2D eigenvalue weighted by atomic mass is 79.9. The maximum absolute atomic E-state index is 11.3. The van der Waals surface area contributed by atoms with Crippen LogP contribution in [-0.4, -0.2) is 21.0 Å². The van der Waals surface area contributed by atoms with E-state index < -0.39 is 4.92 Å².